The lowest BCUT2D eigenvalue weighted by molar-refractivity contribution is -0.118. The first-order valence-corrected chi connectivity index (χ1v) is 9.35. The fourth-order valence-corrected chi connectivity index (χ4v) is 3.68. The second kappa shape index (κ2) is 7.46. The molecule has 1 amide bonds. The lowest BCUT2D eigenvalue weighted by Gasteiger charge is -2.46. The van der Waals surface area contributed by atoms with E-state index in [2.05, 4.69) is 10.3 Å². The van der Waals surface area contributed by atoms with Gasteiger partial charge in [-0.2, -0.15) is 4.99 Å². The van der Waals surface area contributed by atoms with E-state index >= 15 is 0 Å². The van der Waals surface area contributed by atoms with Crippen LogP contribution in [-0.2, 0) is 4.79 Å². The van der Waals surface area contributed by atoms with Gasteiger partial charge in [0.25, 0.3) is 0 Å². The van der Waals surface area contributed by atoms with Crippen molar-refractivity contribution < 1.29 is 9.53 Å². The molecule has 0 radical (unpaired) electrons. The van der Waals surface area contributed by atoms with Crippen molar-refractivity contribution in [2.75, 3.05) is 17.3 Å². The number of methoxy groups -OCH3 is 1. The van der Waals surface area contributed by atoms with Gasteiger partial charge >= 0.3 is 0 Å². The fraction of sp³-hybridized carbons (Fsp3) is 0.526. The van der Waals surface area contributed by atoms with Crippen LogP contribution in [-0.4, -0.2) is 30.6 Å². The van der Waals surface area contributed by atoms with Gasteiger partial charge in [0, 0.05) is 12.0 Å². The minimum absolute atomic E-state index is 0.0744. The fourth-order valence-electron chi connectivity index (χ4n) is 3.68. The van der Waals surface area contributed by atoms with Crippen LogP contribution in [0.2, 0.25) is 0 Å². The summed E-state index contributed by atoms with van der Waals surface area (Å²) in [6.07, 6.45) is 4.84. The zero-order valence-corrected chi connectivity index (χ0v) is 16.2. The number of nitrogens with one attached hydrogen (secondary N) is 1. The minimum Gasteiger partial charge on any atom is -0.497 e. The number of ether oxygens (including phenoxy) is 1. The summed E-state index contributed by atoms with van der Waals surface area (Å²) in [5.74, 6) is 0.909. The third-order valence-corrected chi connectivity index (χ3v) is 5.08. The molecular formula is C19H28N6O2. The molecule has 0 saturated heterocycles. The molecule has 1 aromatic rings. The molecule has 1 aliphatic heterocycles. The third-order valence-electron chi connectivity index (χ3n) is 5.08. The van der Waals surface area contributed by atoms with E-state index < -0.39 is 5.66 Å². The molecule has 146 valence electrons. The molecule has 27 heavy (non-hydrogen) atoms. The second-order valence-electron chi connectivity index (χ2n) is 7.35. The van der Waals surface area contributed by atoms with Gasteiger partial charge in [-0.05, 0) is 37.8 Å². The van der Waals surface area contributed by atoms with E-state index in [-0.39, 0.29) is 23.7 Å². The average molecular weight is 372 g/mol. The Kier molecular flexibility index (Phi) is 5.25. The van der Waals surface area contributed by atoms with Gasteiger partial charge in [-0.3, -0.25) is 9.69 Å². The number of guanidine groups is 2. The summed E-state index contributed by atoms with van der Waals surface area (Å²) in [5, 5.41) is 2.99. The maximum atomic E-state index is 12.3. The SMILES string of the molecule is COc1ccc(NC(=O)C(C)C)c(N2C(N)=NC(N)=NC23CCCCC3)c1. The molecule has 5 N–H and O–H groups in total. The van der Waals surface area contributed by atoms with Crippen LogP contribution in [0.25, 0.3) is 0 Å². The number of nitrogens with zero attached hydrogens (tertiary/aromatic N) is 3. The standard InChI is InChI=1S/C19H28N6O2/c1-12(2)16(26)22-14-8-7-13(27-3)11-15(14)25-18(21)23-17(20)24-19(25)9-5-4-6-10-19/h7-8,11-12H,4-6,9-10H2,1-3H3,(H,22,26)(H4,20,21,23,24). The smallest absolute Gasteiger partial charge is 0.226 e. The number of anilines is 2. The molecular weight excluding hydrogens is 344 g/mol. The highest BCUT2D eigenvalue weighted by atomic mass is 16.5. The molecule has 1 aromatic carbocycles. The number of rotatable bonds is 4. The van der Waals surface area contributed by atoms with Gasteiger partial charge in [-0.15, -0.1) is 0 Å². The highest BCUT2D eigenvalue weighted by Gasteiger charge is 2.43. The Hall–Kier alpha value is -2.77. The van der Waals surface area contributed by atoms with Crippen LogP contribution < -0.4 is 26.4 Å². The molecule has 3 rings (SSSR count). The molecule has 8 heteroatoms. The Morgan fingerprint density at radius 3 is 2.59 bits per heavy atom. The van der Waals surface area contributed by atoms with Crippen LogP contribution >= 0.6 is 0 Å². The molecule has 1 fully saturated rings. The van der Waals surface area contributed by atoms with Crippen molar-refractivity contribution >= 4 is 29.2 Å². The molecule has 0 aromatic heterocycles. The number of amides is 1. The normalized spacial score (nSPS) is 18.9. The Labute approximate surface area is 159 Å². The largest absolute Gasteiger partial charge is 0.497 e. The van der Waals surface area contributed by atoms with Crippen LogP contribution in [0.1, 0.15) is 46.0 Å². The van der Waals surface area contributed by atoms with Gasteiger partial charge in [-0.25, -0.2) is 4.99 Å². The number of carbonyl (C=O) groups is 1. The van der Waals surface area contributed by atoms with Crippen LogP contribution in [0.3, 0.4) is 0 Å². The van der Waals surface area contributed by atoms with E-state index in [1.165, 1.54) is 0 Å². The first-order valence-electron chi connectivity index (χ1n) is 9.35. The average Bonchev–Trinajstić information content (AvgIpc) is 2.62. The van der Waals surface area contributed by atoms with E-state index in [0.29, 0.717) is 17.1 Å². The van der Waals surface area contributed by atoms with Crippen molar-refractivity contribution in [1.29, 1.82) is 0 Å². The zero-order chi connectivity index (χ0) is 19.6. The summed E-state index contributed by atoms with van der Waals surface area (Å²) in [4.78, 5) is 23.1. The predicted molar refractivity (Wildman–Crippen MR) is 108 cm³/mol. The summed E-state index contributed by atoms with van der Waals surface area (Å²) in [5.41, 5.74) is 13.0. The monoisotopic (exact) mass is 372 g/mol. The van der Waals surface area contributed by atoms with Crippen molar-refractivity contribution in [3.05, 3.63) is 18.2 Å². The summed E-state index contributed by atoms with van der Waals surface area (Å²) in [7, 11) is 1.60. The van der Waals surface area contributed by atoms with Gasteiger partial charge in [0.15, 0.2) is 0 Å². The van der Waals surface area contributed by atoms with E-state index in [1.807, 2.05) is 36.9 Å². The first kappa shape index (κ1) is 19.0. The molecule has 0 bridgehead atoms. The van der Waals surface area contributed by atoms with E-state index in [0.717, 1.165) is 32.1 Å². The topological polar surface area (TPSA) is 118 Å². The summed E-state index contributed by atoms with van der Waals surface area (Å²) < 4.78 is 5.40. The van der Waals surface area contributed by atoms with Crippen LogP contribution in [0.4, 0.5) is 11.4 Å². The molecule has 8 nitrogen and oxygen atoms in total. The molecule has 1 saturated carbocycles. The quantitative estimate of drug-likeness (QED) is 0.750. The maximum absolute atomic E-state index is 12.3. The summed E-state index contributed by atoms with van der Waals surface area (Å²) >= 11 is 0. The molecule has 0 atom stereocenters. The van der Waals surface area contributed by atoms with Crippen LogP contribution in [0, 0.1) is 5.92 Å². The van der Waals surface area contributed by atoms with E-state index in [1.54, 1.807) is 7.11 Å². The molecule has 0 unspecified atom stereocenters. The molecule has 1 aliphatic carbocycles. The highest BCUT2D eigenvalue weighted by Crippen LogP contribution is 2.43. The van der Waals surface area contributed by atoms with E-state index in [4.69, 9.17) is 21.2 Å². The van der Waals surface area contributed by atoms with E-state index in [9.17, 15) is 4.79 Å². The van der Waals surface area contributed by atoms with Gasteiger partial charge in [0.2, 0.25) is 17.8 Å². The number of benzene rings is 1. The maximum Gasteiger partial charge on any atom is 0.226 e. The van der Waals surface area contributed by atoms with Crippen LogP contribution in [0.15, 0.2) is 28.2 Å². The molecule has 2 aliphatic rings. The summed E-state index contributed by atoms with van der Waals surface area (Å²) in [6, 6.07) is 5.48. The number of hydrogen-bond acceptors (Lipinski definition) is 7. The minimum atomic E-state index is -0.585. The number of hydrogen-bond donors (Lipinski definition) is 3. The molecule has 1 spiro atoms. The van der Waals surface area contributed by atoms with Crippen LogP contribution in [0.5, 0.6) is 5.75 Å². The molecule has 1 heterocycles. The second-order valence-corrected chi connectivity index (χ2v) is 7.35. The van der Waals surface area contributed by atoms with Crippen molar-refractivity contribution in [1.82, 2.24) is 0 Å². The van der Waals surface area contributed by atoms with Gasteiger partial charge < -0.3 is 21.5 Å². The van der Waals surface area contributed by atoms with Gasteiger partial charge in [0.1, 0.15) is 11.4 Å². The van der Waals surface area contributed by atoms with Crippen molar-refractivity contribution in [3.8, 4) is 5.75 Å². The van der Waals surface area contributed by atoms with Gasteiger partial charge in [-0.1, -0.05) is 20.3 Å². The van der Waals surface area contributed by atoms with Crippen molar-refractivity contribution in [3.63, 3.8) is 0 Å². The summed E-state index contributed by atoms with van der Waals surface area (Å²) in [6.45, 7) is 3.70. The Morgan fingerprint density at radius 2 is 1.96 bits per heavy atom. The zero-order valence-electron chi connectivity index (χ0n) is 16.2. The predicted octanol–water partition coefficient (Wildman–Crippen LogP) is 2.40. The Balaban J connectivity index is 2.11. The first-order chi connectivity index (χ1) is 12.9. The highest BCUT2D eigenvalue weighted by molar-refractivity contribution is 6.08. The van der Waals surface area contributed by atoms with Crippen molar-refractivity contribution in [2.24, 2.45) is 27.4 Å². The van der Waals surface area contributed by atoms with Gasteiger partial charge in [0.05, 0.1) is 18.5 Å². The Bertz CT molecular complexity index is 780. The number of carbonyl (C=O) groups excluding carboxylic acids is 1. The number of aliphatic imine (C=N–C) groups is 2. The lowest BCUT2D eigenvalue weighted by Crippen LogP contribution is -2.58. The van der Waals surface area contributed by atoms with Crippen molar-refractivity contribution in [2.45, 2.75) is 51.6 Å². The lowest BCUT2D eigenvalue weighted by atomic mass is 9.87. The third kappa shape index (κ3) is 3.70. The number of nitrogens with two attached hydrogens (primary N) is 2. The Morgan fingerprint density at radius 1 is 1.26 bits per heavy atom.